The van der Waals surface area contributed by atoms with Gasteiger partial charge < -0.3 is 19.4 Å². The number of pyridine rings is 1. The first kappa shape index (κ1) is 18.9. The van der Waals surface area contributed by atoms with Gasteiger partial charge in [0.2, 0.25) is 0 Å². The second-order valence-electron chi connectivity index (χ2n) is 6.58. The van der Waals surface area contributed by atoms with Crippen molar-refractivity contribution in [2.24, 2.45) is 0 Å². The Morgan fingerprint density at radius 1 is 1.28 bits per heavy atom. The minimum atomic E-state index is -0.461. The summed E-state index contributed by atoms with van der Waals surface area (Å²) in [5.41, 5.74) is 1.45. The van der Waals surface area contributed by atoms with Crippen LogP contribution in [0, 0.1) is 10.1 Å². The summed E-state index contributed by atoms with van der Waals surface area (Å²) >= 11 is 5.44. The summed E-state index contributed by atoms with van der Waals surface area (Å²) in [6.07, 6.45) is 1.74. The Labute approximate surface area is 172 Å². The minimum Gasteiger partial charge on any atom is -0.496 e. The molecule has 1 aliphatic rings. The minimum absolute atomic E-state index is 0.0438. The summed E-state index contributed by atoms with van der Waals surface area (Å²) < 4.78 is 11.5. The number of non-ortho nitro benzene ring substituents is 1. The molecule has 8 nitrogen and oxygen atoms in total. The lowest BCUT2D eigenvalue weighted by molar-refractivity contribution is -0.384. The average Bonchev–Trinajstić information content (AvgIpc) is 3.33. The Morgan fingerprint density at radius 3 is 2.79 bits per heavy atom. The molecule has 2 atom stereocenters. The SMILES string of the molecule is COc1cc([N+](=O)[O-])ccc1-c1ccc([C@H]2[C@H](c3ccccn3)NC(=S)N2C)o1. The Morgan fingerprint density at radius 2 is 2.10 bits per heavy atom. The maximum absolute atomic E-state index is 11.0. The number of ether oxygens (including phenoxy) is 1. The van der Waals surface area contributed by atoms with Crippen LogP contribution in [0.25, 0.3) is 11.3 Å². The monoisotopic (exact) mass is 410 g/mol. The second kappa shape index (κ2) is 7.51. The number of hydrogen-bond donors (Lipinski definition) is 1. The van der Waals surface area contributed by atoms with E-state index < -0.39 is 4.92 Å². The molecule has 1 N–H and O–H groups in total. The lowest BCUT2D eigenvalue weighted by Gasteiger charge is -2.21. The van der Waals surface area contributed by atoms with Crippen LogP contribution in [0.3, 0.4) is 0 Å². The zero-order valence-electron chi connectivity index (χ0n) is 15.7. The van der Waals surface area contributed by atoms with E-state index in [9.17, 15) is 10.1 Å². The van der Waals surface area contributed by atoms with Crippen LogP contribution in [0.2, 0.25) is 0 Å². The summed E-state index contributed by atoms with van der Waals surface area (Å²) in [6.45, 7) is 0. The largest absolute Gasteiger partial charge is 0.496 e. The lowest BCUT2D eigenvalue weighted by Crippen LogP contribution is -2.24. The number of furan rings is 1. The van der Waals surface area contributed by atoms with E-state index in [0.29, 0.717) is 27.9 Å². The van der Waals surface area contributed by atoms with Crippen LogP contribution in [0.5, 0.6) is 5.75 Å². The van der Waals surface area contributed by atoms with E-state index in [-0.39, 0.29) is 17.8 Å². The molecule has 0 saturated carbocycles. The number of likely N-dealkylation sites (N-methyl/N-ethyl adjacent to an activating group) is 1. The molecule has 0 aliphatic carbocycles. The maximum Gasteiger partial charge on any atom is 0.273 e. The first-order valence-corrected chi connectivity index (χ1v) is 9.27. The molecule has 29 heavy (non-hydrogen) atoms. The van der Waals surface area contributed by atoms with Crippen molar-refractivity contribution in [2.75, 3.05) is 14.2 Å². The van der Waals surface area contributed by atoms with Crippen LogP contribution >= 0.6 is 12.2 Å². The van der Waals surface area contributed by atoms with Gasteiger partial charge in [0, 0.05) is 19.3 Å². The van der Waals surface area contributed by atoms with Gasteiger partial charge in [0.1, 0.15) is 23.3 Å². The summed E-state index contributed by atoms with van der Waals surface area (Å²) in [5, 5.41) is 14.9. The van der Waals surface area contributed by atoms with Crippen LogP contribution in [0.15, 0.2) is 59.1 Å². The zero-order valence-corrected chi connectivity index (χ0v) is 16.6. The van der Waals surface area contributed by atoms with Gasteiger partial charge in [-0.3, -0.25) is 15.1 Å². The molecule has 0 radical (unpaired) electrons. The van der Waals surface area contributed by atoms with Gasteiger partial charge in [0.15, 0.2) is 5.11 Å². The van der Waals surface area contributed by atoms with Crippen molar-refractivity contribution in [1.29, 1.82) is 0 Å². The number of nitro groups is 1. The molecule has 3 aromatic rings. The smallest absolute Gasteiger partial charge is 0.273 e. The normalized spacial score (nSPS) is 18.6. The van der Waals surface area contributed by atoms with Crippen molar-refractivity contribution in [2.45, 2.75) is 12.1 Å². The highest BCUT2D eigenvalue weighted by Gasteiger charge is 2.39. The van der Waals surface area contributed by atoms with Crippen LogP contribution in [-0.4, -0.2) is 34.1 Å². The summed E-state index contributed by atoms with van der Waals surface area (Å²) in [5.74, 6) is 1.62. The number of hydrogen-bond acceptors (Lipinski definition) is 6. The highest BCUT2D eigenvalue weighted by atomic mass is 32.1. The standard InChI is InChI=1S/C20H18N4O4S/c1-23-19(18(22-20(23)29)14-5-3-4-10-21-14)16-9-8-15(28-16)13-7-6-12(24(25)26)11-17(13)27-2/h3-11,18-19H,1-2H3,(H,22,29)/t18-,19-/m0/s1. The lowest BCUT2D eigenvalue weighted by atomic mass is 10.0. The van der Waals surface area contributed by atoms with E-state index in [4.69, 9.17) is 21.4 Å². The number of nitro benzene ring substituents is 1. The highest BCUT2D eigenvalue weighted by molar-refractivity contribution is 7.80. The van der Waals surface area contributed by atoms with E-state index in [1.165, 1.54) is 19.2 Å². The van der Waals surface area contributed by atoms with Crippen LogP contribution < -0.4 is 10.1 Å². The number of nitrogens with one attached hydrogen (secondary N) is 1. The second-order valence-corrected chi connectivity index (χ2v) is 6.97. The average molecular weight is 410 g/mol. The molecule has 1 saturated heterocycles. The van der Waals surface area contributed by atoms with Gasteiger partial charge in [-0.1, -0.05) is 6.07 Å². The first-order valence-electron chi connectivity index (χ1n) is 8.86. The molecule has 1 aliphatic heterocycles. The maximum atomic E-state index is 11.0. The van der Waals surface area contributed by atoms with Crippen molar-refractivity contribution in [3.8, 4) is 17.1 Å². The van der Waals surface area contributed by atoms with E-state index in [2.05, 4.69) is 10.3 Å². The van der Waals surface area contributed by atoms with Gasteiger partial charge in [0.05, 0.1) is 35.4 Å². The van der Waals surface area contributed by atoms with Crippen molar-refractivity contribution in [1.82, 2.24) is 15.2 Å². The van der Waals surface area contributed by atoms with Gasteiger partial charge >= 0.3 is 0 Å². The zero-order chi connectivity index (χ0) is 20.5. The molecular weight excluding hydrogens is 392 g/mol. The van der Waals surface area contributed by atoms with Crippen molar-refractivity contribution in [3.05, 3.63) is 76.3 Å². The van der Waals surface area contributed by atoms with Crippen LogP contribution in [0.4, 0.5) is 5.69 Å². The number of methoxy groups -OCH3 is 1. The fourth-order valence-electron chi connectivity index (χ4n) is 3.47. The third kappa shape index (κ3) is 3.40. The van der Waals surface area contributed by atoms with Crippen molar-refractivity contribution in [3.63, 3.8) is 0 Å². The van der Waals surface area contributed by atoms with Gasteiger partial charge in [0.25, 0.3) is 5.69 Å². The van der Waals surface area contributed by atoms with Crippen LogP contribution in [-0.2, 0) is 0 Å². The number of benzene rings is 1. The van der Waals surface area contributed by atoms with Gasteiger partial charge in [-0.15, -0.1) is 0 Å². The molecule has 4 rings (SSSR count). The van der Waals surface area contributed by atoms with Crippen molar-refractivity contribution < 1.29 is 14.1 Å². The number of thiocarbonyl (C=S) groups is 1. The summed E-state index contributed by atoms with van der Waals surface area (Å²) in [7, 11) is 3.37. The molecule has 3 heterocycles. The summed E-state index contributed by atoms with van der Waals surface area (Å²) in [6, 6.07) is 13.5. The molecule has 148 valence electrons. The molecular formula is C20H18N4O4S. The molecule has 1 aromatic carbocycles. The Kier molecular flexibility index (Phi) is 4.89. The number of aromatic nitrogens is 1. The van der Waals surface area contributed by atoms with E-state index >= 15 is 0 Å². The molecule has 0 unspecified atom stereocenters. The summed E-state index contributed by atoms with van der Waals surface area (Å²) in [4.78, 5) is 17.0. The third-order valence-corrected chi connectivity index (χ3v) is 5.32. The van der Waals surface area contributed by atoms with E-state index in [1.807, 2.05) is 42.3 Å². The predicted molar refractivity (Wildman–Crippen MR) is 111 cm³/mol. The Balaban J connectivity index is 1.71. The van der Waals surface area contributed by atoms with Gasteiger partial charge in [-0.25, -0.2) is 0 Å². The third-order valence-electron chi connectivity index (χ3n) is 4.92. The van der Waals surface area contributed by atoms with Crippen molar-refractivity contribution >= 4 is 23.0 Å². The predicted octanol–water partition coefficient (Wildman–Crippen LogP) is 3.86. The fourth-order valence-corrected chi connectivity index (χ4v) is 3.71. The van der Waals surface area contributed by atoms with Gasteiger partial charge in [-0.2, -0.15) is 0 Å². The topological polar surface area (TPSA) is 93.7 Å². The van der Waals surface area contributed by atoms with E-state index in [1.54, 1.807) is 12.3 Å². The quantitative estimate of drug-likeness (QED) is 0.385. The van der Waals surface area contributed by atoms with E-state index in [0.717, 1.165) is 5.69 Å². The Bertz CT molecular complexity index is 1070. The molecule has 9 heteroatoms. The molecule has 0 bridgehead atoms. The van der Waals surface area contributed by atoms with Crippen LogP contribution in [0.1, 0.15) is 23.5 Å². The Hall–Kier alpha value is -3.46. The number of nitrogens with zero attached hydrogens (tertiary/aromatic N) is 3. The van der Waals surface area contributed by atoms with Gasteiger partial charge in [-0.05, 0) is 42.5 Å². The number of rotatable bonds is 5. The molecule has 0 spiro atoms. The first-order chi connectivity index (χ1) is 14.0. The fraction of sp³-hybridized carbons (Fsp3) is 0.200. The molecule has 1 fully saturated rings. The molecule has 0 amide bonds. The highest BCUT2D eigenvalue weighted by Crippen LogP contribution is 2.41. The molecule has 2 aromatic heterocycles.